The molecule has 2 aromatic carbocycles. The van der Waals surface area contributed by atoms with Crippen molar-refractivity contribution in [3.63, 3.8) is 0 Å². The highest BCUT2D eigenvalue weighted by molar-refractivity contribution is 8.19. The molecule has 1 aliphatic heterocycles. The summed E-state index contributed by atoms with van der Waals surface area (Å²) in [5.41, 5.74) is 2.88. The summed E-state index contributed by atoms with van der Waals surface area (Å²) >= 11 is 1.19. The van der Waals surface area contributed by atoms with Gasteiger partial charge in [0.25, 0.3) is 5.91 Å². The van der Waals surface area contributed by atoms with Crippen LogP contribution < -0.4 is 4.90 Å². The summed E-state index contributed by atoms with van der Waals surface area (Å²) in [7, 11) is 0. The van der Waals surface area contributed by atoms with E-state index >= 15 is 0 Å². The second-order valence-electron chi connectivity index (χ2n) is 5.19. The van der Waals surface area contributed by atoms with E-state index in [1.54, 1.807) is 6.08 Å². The quantitative estimate of drug-likeness (QED) is 0.840. The number of carbonyl (C=O) groups excluding carboxylic acids is 1. The van der Waals surface area contributed by atoms with Crippen LogP contribution in [0.1, 0.15) is 11.1 Å². The number of anilines is 1. The molecule has 0 radical (unpaired) electrons. The second-order valence-corrected chi connectivity index (χ2v) is 6.22. The molecule has 0 atom stereocenters. The molecule has 23 heavy (non-hydrogen) atoms. The van der Waals surface area contributed by atoms with E-state index < -0.39 is 0 Å². The number of thioether (sulfide) groups is 1. The third kappa shape index (κ3) is 3.43. The lowest BCUT2D eigenvalue weighted by molar-refractivity contribution is -0.113. The minimum atomic E-state index is -0.150. The third-order valence-electron chi connectivity index (χ3n) is 3.42. The molecule has 2 aromatic rings. The van der Waals surface area contributed by atoms with Crippen LogP contribution in [0.3, 0.4) is 0 Å². The van der Waals surface area contributed by atoms with Crippen LogP contribution >= 0.6 is 11.8 Å². The van der Waals surface area contributed by atoms with Crippen molar-refractivity contribution >= 4 is 34.6 Å². The van der Waals surface area contributed by atoms with E-state index in [0.29, 0.717) is 4.91 Å². The molecule has 1 saturated heterocycles. The van der Waals surface area contributed by atoms with Crippen LogP contribution in [0.15, 0.2) is 71.7 Å². The lowest BCUT2D eigenvalue weighted by atomic mass is 10.2. The first-order valence-corrected chi connectivity index (χ1v) is 8.08. The fourth-order valence-electron chi connectivity index (χ4n) is 2.31. The Labute approximate surface area is 139 Å². The summed E-state index contributed by atoms with van der Waals surface area (Å²) in [4.78, 5) is 14.5. The molecule has 0 aromatic heterocycles. The van der Waals surface area contributed by atoms with Crippen LogP contribution in [0.25, 0.3) is 6.08 Å². The number of rotatable bonds is 3. The molecule has 1 heterocycles. The molecule has 1 amide bonds. The number of allylic oxidation sites excluding steroid dienone is 2. The standard InChI is InChI=1S/C19H16N2OS/c1-14-7-5-11-16(13-14)21-18(22)17(23-19(21)20)12-6-10-15-8-3-2-4-9-15/h2-13,20H,1H3/b10-6+,17-12-,20-19?. The highest BCUT2D eigenvalue weighted by Gasteiger charge is 2.33. The maximum absolute atomic E-state index is 12.5. The van der Waals surface area contributed by atoms with E-state index in [-0.39, 0.29) is 11.1 Å². The highest BCUT2D eigenvalue weighted by atomic mass is 32.2. The molecule has 3 nitrogen and oxygen atoms in total. The Hall–Kier alpha value is -2.59. The summed E-state index contributed by atoms with van der Waals surface area (Å²) in [5, 5.41) is 8.31. The lowest BCUT2D eigenvalue weighted by Gasteiger charge is -2.14. The van der Waals surface area contributed by atoms with Crippen molar-refractivity contribution in [1.82, 2.24) is 0 Å². The first-order chi connectivity index (χ1) is 11.1. The number of carbonyl (C=O) groups is 1. The first kappa shape index (κ1) is 15.3. The Morgan fingerprint density at radius 1 is 1.09 bits per heavy atom. The number of hydrogen-bond acceptors (Lipinski definition) is 3. The monoisotopic (exact) mass is 320 g/mol. The summed E-state index contributed by atoms with van der Waals surface area (Å²) in [6.07, 6.45) is 5.56. The molecule has 114 valence electrons. The predicted molar refractivity (Wildman–Crippen MR) is 97.5 cm³/mol. The minimum absolute atomic E-state index is 0.150. The van der Waals surface area contributed by atoms with Crippen LogP contribution in [0, 0.1) is 12.3 Å². The van der Waals surface area contributed by atoms with E-state index in [4.69, 9.17) is 5.41 Å². The Balaban J connectivity index is 1.81. The minimum Gasteiger partial charge on any atom is -0.278 e. The van der Waals surface area contributed by atoms with Crippen LogP contribution in [0.2, 0.25) is 0 Å². The van der Waals surface area contributed by atoms with Gasteiger partial charge in [-0.25, -0.2) is 0 Å². The van der Waals surface area contributed by atoms with Crippen LogP contribution in [-0.4, -0.2) is 11.1 Å². The normalized spacial score (nSPS) is 16.7. The van der Waals surface area contributed by atoms with Gasteiger partial charge in [-0.15, -0.1) is 0 Å². The van der Waals surface area contributed by atoms with Crippen LogP contribution in [-0.2, 0) is 4.79 Å². The van der Waals surface area contributed by atoms with Gasteiger partial charge in [-0.05, 0) is 48.0 Å². The summed E-state index contributed by atoms with van der Waals surface area (Å²) in [6.45, 7) is 1.97. The number of hydrogen-bond donors (Lipinski definition) is 1. The zero-order valence-corrected chi connectivity index (χ0v) is 13.5. The van der Waals surface area contributed by atoms with Gasteiger partial charge in [0.2, 0.25) is 0 Å². The first-order valence-electron chi connectivity index (χ1n) is 7.26. The number of nitrogens with one attached hydrogen (secondary N) is 1. The summed E-state index contributed by atoms with van der Waals surface area (Å²) < 4.78 is 0. The smallest absolute Gasteiger partial charge is 0.271 e. The van der Waals surface area contributed by atoms with Gasteiger partial charge in [0.05, 0.1) is 10.6 Å². The topological polar surface area (TPSA) is 44.2 Å². The van der Waals surface area contributed by atoms with Crippen molar-refractivity contribution in [3.05, 3.63) is 82.8 Å². The van der Waals surface area contributed by atoms with Gasteiger partial charge < -0.3 is 0 Å². The highest BCUT2D eigenvalue weighted by Crippen LogP contribution is 2.34. The molecular weight excluding hydrogens is 304 g/mol. The van der Waals surface area contributed by atoms with Crippen LogP contribution in [0.4, 0.5) is 5.69 Å². The van der Waals surface area contributed by atoms with Crippen molar-refractivity contribution in [1.29, 1.82) is 5.41 Å². The summed E-state index contributed by atoms with van der Waals surface area (Å²) in [5.74, 6) is -0.150. The van der Waals surface area contributed by atoms with Gasteiger partial charge in [-0.1, -0.05) is 54.6 Å². The Morgan fingerprint density at radius 3 is 2.61 bits per heavy atom. The number of benzene rings is 2. The molecule has 1 N–H and O–H groups in total. The number of nitrogens with zero attached hydrogens (tertiary/aromatic N) is 1. The second kappa shape index (κ2) is 6.67. The molecule has 1 fully saturated rings. The van der Waals surface area contributed by atoms with Crippen molar-refractivity contribution in [2.75, 3.05) is 4.90 Å². The molecular formula is C19H16N2OS. The van der Waals surface area contributed by atoms with Crippen molar-refractivity contribution in [3.8, 4) is 0 Å². The van der Waals surface area contributed by atoms with Crippen molar-refractivity contribution in [2.24, 2.45) is 0 Å². The Morgan fingerprint density at radius 2 is 1.87 bits per heavy atom. The molecule has 4 heteroatoms. The average molecular weight is 320 g/mol. The number of aryl methyl sites for hydroxylation is 1. The van der Waals surface area contributed by atoms with Gasteiger partial charge >= 0.3 is 0 Å². The zero-order chi connectivity index (χ0) is 16.2. The average Bonchev–Trinajstić information content (AvgIpc) is 2.82. The van der Waals surface area contributed by atoms with E-state index in [9.17, 15) is 4.79 Å². The molecule has 0 saturated carbocycles. The number of amides is 1. The number of amidine groups is 1. The van der Waals surface area contributed by atoms with Gasteiger partial charge in [0.15, 0.2) is 5.17 Å². The molecule has 0 spiro atoms. The van der Waals surface area contributed by atoms with E-state index in [1.165, 1.54) is 16.7 Å². The molecule has 0 unspecified atom stereocenters. The van der Waals surface area contributed by atoms with Crippen LogP contribution in [0.5, 0.6) is 0 Å². The van der Waals surface area contributed by atoms with Gasteiger partial charge in [0.1, 0.15) is 0 Å². The van der Waals surface area contributed by atoms with E-state index in [2.05, 4.69) is 0 Å². The van der Waals surface area contributed by atoms with E-state index in [1.807, 2.05) is 73.7 Å². The molecule has 1 aliphatic rings. The fraction of sp³-hybridized carbons (Fsp3) is 0.0526. The SMILES string of the molecule is Cc1cccc(N2C(=N)S/C(=C\C=C\c3ccccc3)C2=O)c1. The van der Waals surface area contributed by atoms with Crippen molar-refractivity contribution in [2.45, 2.75) is 6.92 Å². The molecule has 0 aliphatic carbocycles. The Bertz CT molecular complexity index is 809. The summed E-state index contributed by atoms with van der Waals surface area (Å²) in [6, 6.07) is 17.5. The Kier molecular flexibility index (Phi) is 4.44. The maximum Gasteiger partial charge on any atom is 0.271 e. The maximum atomic E-state index is 12.5. The zero-order valence-electron chi connectivity index (χ0n) is 12.7. The van der Waals surface area contributed by atoms with Gasteiger partial charge in [-0.3, -0.25) is 15.1 Å². The van der Waals surface area contributed by atoms with Crippen molar-refractivity contribution < 1.29 is 4.79 Å². The fourth-order valence-corrected chi connectivity index (χ4v) is 3.13. The largest absolute Gasteiger partial charge is 0.278 e. The van der Waals surface area contributed by atoms with Gasteiger partial charge in [-0.2, -0.15) is 0 Å². The molecule has 3 rings (SSSR count). The molecule has 0 bridgehead atoms. The van der Waals surface area contributed by atoms with Gasteiger partial charge in [0, 0.05) is 0 Å². The lowest BCUT2D eigenvalue weighted by Crippen LogP contribution is -2.28. The predicted octanol–water partition coefficient (Wildman–Crippen LogP) is 4.61. The third-order valence-corrected chi connectivity index (χ3v) is 4.33. The van der Waals surface area contributed by atoms with E-state index in [0.717, 1.165) is 16.8 Å².